The summed E-state index contributed by atoms with van der Waals surface area (Å²) in [6.07, 6.45) is -0.0269. The first-order valence-electron chi connectivity index (χ1n) is 5.28. The largest absolute Gasteiger partial charge is 0.480 e. The number of aliphatic hydroxyl groups is 1. The van der Waals surface area contributed by atoms with E-state index in [4.69, 9.17) is 10.2 Å². The van der Waals surface area contributed by atoms with Crippen molar-refractivity contribution in [2.24, 2.45) is 0 Å². The Balaban J connectivity index is 2.46. The van der Waals surface area contributed by atoms with Crippen molar-refractivity contribution in [3.63, 3.8) is 0 Å². The lowest BCUT2D eigenvalue weighted by atomic mass is 10.2. The molecule has 0 bridgehead atoms. The minimum atomic E-state index is -1.17. The van der Waals surface area contributed by atoms with E-state index in [1.54, 1.807) is 0 Å². The molecule has 1 atom stereocenters. The molecule has 0 spiro atoms. The van der Waals surface area contributed by atoms with Crippen molar-refractivity contribution in [2.45, 2.75) is 12.5 Å². The standard InChI is InChI=1S/C9H16N2O5S/c12-4-1-7(8(13)14)10-9(15)11-2-5-17(16)6-3-11/h7,12H,1-6H2,(H,10,15)(H,13,14)/t7-/m1/s1. The normalized spacial score (nSPS) is 18.8. The third-order valence-corrected chi connectivity index (χ3v) is 3.75. The van der Waals surface area contributed by atoms with E-state index in [9.17, 15) is 13.8 Å². The fraction of sp³-hybridized carbons (Fsp3) is 0.778. The summed E-state index contributed by atoms with van der Waals surface area (Å²) in [5, 5.41) is 19.8. The van der Waals surface area contributed by atoms with Crippen LogP contribution >= 0.6 is 0 Å². The van der Waals surface area contributed by atoms with Crippen LogP contribution in [0.15, 0.2) is 0 Å². The number of carbonyl (C=O) groups is 2. The summed E-state index contributed by atoms with van der Waals surface area (Å²) >= 11 is 0. The summed E-state index contributed by atoms with van der Waals surface area (Å²) in [6, 6.07) is -1.57. The van der Waals surface area contributed by atoms with E-state index in [1.807, 2.05) is 0 Å². The number of hydrogen-bond acceptors (Lipinski definition) is 4. The van der Waals surface area contributed by atoms with Crippen LogP contribution in [0.3, 0.4) is 0 Å². The molecule has 0 aromatic heterocycles. The molecule has 17 heavy (non-hydrogen) atoms. The number of carboxylic acids is 1. The molecule has 0 unspecified atom stereocenters. The van der Waals surface area contributed by atoms with E-state index in [-0.39, 0.29) is 13.0 Å². The maximum atomic E-state index is 11.7. The Labute approximate surface area is 101 Å². The van der Waals surface area contributed by atoms with Crippen LogP contribution in [0.2, 0.25) is 0 Å². The van der Waals surface area contributed by atoms with Gasteiger partial charge in [0, 0.05) is 48.4 Å². The second-order valence-electron chi connectivity index (χ2n) is 3.69. The van der Waals surface area contributed by atoms with E-state index in [0.717, 1.165) is 0 Å². The fourth-order valence-corrected chi connectivity index (χ4v) is 2.52. The highest BCUT2D eigenvalue weighted by molar-refractivity contribution is 7.85. The highest BCUT2D eigenvalue weighted by atomic mass is 32.2. The molecule has 0 saturated carbocycles. The van der Waals surface area contributed by atoms with Crippen molar-refractivity contribution >= 4 is 22.8 Å². The molecule has 7 nitrogen and oxygen atoms in total. The average molecular weight is 264 g/mol. The molecule has 1 rings (SSSR count). The van der Waals surface area contributed by atoms with Gasteiger partial charge in [0.1, 0.15) is 6.04 Å². The van der Waals surface area contributed by atoms with E-state index >= 15 is 0 Å². The van der Waals surface area contributed by atoms with Crippen LogP contribution < -0.4 is 5.32 Å². The summed E-state index contributed by atoms with van der Waals surface area (Å²) in [5.41, 5.74) is 0. The Morgan fingerprint density at radius 3 is 2.41 bits per heavy atom. The van der Waals surface area contributed by atoms with Crippen molar-refractivity contribution in [1.29, 1.82) is 0 Å². The van der Waals surface area contributed by atoms with Gasteiger partial charge < -0.3 is 20.4 Å². The predicted octanol–water partition coefficient (Wildman–Crippen LogP) is -1.40. The number of carbonyl (C=O) groups excluding carboxylic acids is 1. The van der Waals surface area contributed by atoms with Crippen LogP contribution in [-0.4, -0.2) is 68.6 Å². The topological polar surface area (TPSA) is 107 Å². The summed E-state index contributed by atoms with van der Waals surface area (Å²) in [4.78, 5) is 23.9. The maximum Gasteiger partial charge on any atom is 0.326 e. The van der Waals surface area contributed by atoms with Crippen molar-refractivity contribution in [2.75, 3.05) is 31.2 Å². The Bertz CT molecular complexity index is 313. The lowest BCUT2D eigenvalue weighted by molar-refractivity contribution is -0.139. The van der Waals surface area contributed by atoms with Gasteiger partial charge in [0.25, 0.3) is 0 Å². The molecule has 0 aromatic rings. The lowest BCUT2D eigenvalue weighted by Crippen LogP contribution is -2.51. The second kappa shape index (κ2) is 6.55. The molecule has 1 heterocycles. The fourth-order valence-electron chi connectivity index (χ4n) is 1.47. The number of aliphatic carboxylic acids is 1. The third-order valence-electron chi connectivity index (χ3n) is 2.48. The smallest absolute Gasteiger partial charge is 0.326 e. The number of nitrogens with zero attached hydrogens (tertiary/aromatic N) is 1. The quantitative estimate of drug-likeness (QED) is 0.578. The van der Waals surface area contributed by atoms with E-state index in [0.29, 0.717) is 24.6 Å². The minimum absolute atomic E-state index is 0.0269. The molecular weight excluding hydrogens is 248 g/mol. The first kappa shape index (κ1) is 13.9. The molecular formula is C9H16N2O5S. The van der Waals surface area contributed by atoms with Crippen LogP contribution in [0.25, 0.3) is 0 Å². The first-order valence-corrected chi connectivity index (χ1v) is 6.77. The van der Waals surface area contributed by atoms with E-state index in [1.165, 1.54) is 4.90 Å². The molecule has 2 amide bonds. The molecule has 98 valence electrons. The van der Waals surface area contributed by atoms with Gasteiger partial charge in [-0.3, -0.25) is 4.21 Å². The van der Waals surface area contributed by atoms with Gasteiger partial charge in [-0.05, 0) is 0 Å². The lowest BCUT2D eigenvalue weighted by Gasteiger charge is -2.27. The number of amides is 2. The van der Waals surface area contributed by atoms with Gasteiger partial charge in [0.2, 0.25) is 0 Å². The van der Waals surface area contributed by atoms with Crippen molar-refractivity contribution in [3.8, 4) is 0 Å². The molecule has 0 radical (unpaired) electrons. The number of nitrogens with one attached hydrogen (secondary N) is 1. The van der Waals surface area contributed by atoms with Gasteiger partial charge in [-0.15, -0.1) is 0 Å². The van der Waals surface area contributed by atoms with Gasteiger partial charge in [-0.2, -0.15) is 0 Å². The predicted molar refractivity (Wildman–Crippen MR) is 61.1 cm³/mol. The Hall–Kier alpha value is -1.15. The molecule has 0 aromatic carbocycles. The van der Waals surface area contributed by atoms with Crippen LogP contribution in [0.1, 0.15) is 6.42 Å². The third kappa shape index (κ3) is 4.31. The van der Waals surface area contributed by atoms with Gasteiger partial charge in [0.05, 0.1) is 0 Å². The van der Waals surface area contributed by atoms with Crippen LogP contribution in [-0.2, 0) is 15.6 Å². The molecule has 8 heteroatoms. The average Bonchev–Trinajstić information content (AvgIpc) is 2.29. The highest BCUT2D eigenvalue weighted by Crippen LogP contribution is 2.02. The van der Waals surface area contributed by atoms with Crippen molar-refractivity contribution in [3.05, 3.63) is 0 Å². The number of carboxylic acid groups (broad SMARTS) is 1. The van der Waals surface area contributed by atoms with Crippen LogP contribution in [0, 0.1) is 0 Å². The van der Waals surface area contributed by atoms with Gasteiger partial charge in [-0.1, -0.05) is 0 Å². The van der Waals surface area contributed by atoms with Gasteiger partial charge in [-0.25, -0.2) is 9.59 Å². The summed E-state index contributed by atoms with van der Waals surface area (Å²) in [7, 11) is -0.880. The summed E-state index contributed by atoms with van der Waals surface area (Å²) in [5.74, 6) is -0.330. The zero-order valence-electron chi connectivity index (χ0n) is 9.29. The second-order valence-corrected chi connectivity index (χ2v) is 5.38. The Morgan fingerprint density at radius 1 is 1.35 bits per heavy atom. The zero-order valence-corrected chi connectivity index (χ0v) is 10.1. The Morgan fingerprint density at radius 2 is 1.94 bits per heavy atom. The number of rotatable bonds is 4. The number of aliphatic hydroxyl groups excluding tert-OH is 1. The van der Waals surface area contributed by atoms with E-state index < -0.39 is 28.8 Å². The van der Waals surface area contributed by atoms with Gasteiger partial charge in [0.15, 0.2) is 0 Å². The monoisotopic (exact) mass is 264 g/mol. The van der Waals surface area contributed by atoms with Crippen molar-refractivity contribution in [1.82, 2.24) is 10.2 Å². The highest BCUT2D eigenvalue weighted by Gasteiger charge is 2.25. The number of urea groups is 1. The van der Waals surface area contributed by atoms with Crippen LogP contribution in [0.4, 0.5) is 4.79 Å². The molecule has 1 saturated heterocycles. The van der Waals surface area contributed by atoms with Gasteiger partial charge >= 0.3 is 12.0 Å². The molecule has 1 aliphatic heterocycles. The summed E-state index contributed by atoms with van der Waals surface area (Å²) in [6.45, 7) is 0.426. The molecule has 3 N–H and O–H groups in total. The maximum absolute atomic E-state index is 11.7. The Kier molecular flexibility index (Phi) is 5.36. The van der Waals surface area contributed by atoms with Crippen LogP contribution in [0.5, 0.6) is 0 Å². The first-order chi connectivity index (χ1) is 8.04. The minimum Gasteiger partial charge on any atom is -0.480 e. The van der Waals surface area contributed by atoms with Crippen molar-refractivity contribution < 1.29 is 24.0 Å². The molecule has 1 aliphatic rings. The molecule has 1 fully saturated rings. The van der Waals surface area contributed by atoms with E-state index in [2.05, 4.69) is 5.32 Å². The SMILES string of the molecule is O=C(O)[C@@H](CCO)NC(=O)N1CCS(=O)CC1. The summed E-state index contributed by atoms with van der Waals surface area (Å²) < 4.78 is 11.1. The molecule has 0 aliphatic carbocycles. The zero-order chi connectivity index (χ0) is 12.8. The number of hydrogen-bond donors (Lipinski definition) is 3.